The molecule has 26 heavy (non-hydrogen) atoms. The fraction of sp³-hybridized carbons (Fsp3) is 0.105. The van der Waals surface area contributed by atoms with Crippen LogP contribution in [0.1, 0.15) is 11.1 Å². The molecule has 0 spiro atoms. The molecule has 1 aliphatic rings. The van der Waals surface area contributed by atoms with Crippen molar-refractivity contribution in [1.29, 1.82) is 0 Å². The van der Waals surface area contributed by atoms with E-state index in [1.807, 2.05) is 19.1 Å². The van der Waals surface area contributed by atoms with E-state index in [0.717, 1.165) is 22.2 Å². The van der Waals surface area contributed by atoms with Gasteiger partial charge in [-0.15, -0.1) is 0 Å². The highest BCUT2D eigenvalue weighted by Gasteiger charge is 2.36. The van der Waals surface area contributed by atoms with Crippen molar-refractivity contribution in [2.75, 3.05) is 11.9 Å². The van der Waals surface area contributed by atoms with Gasteiger partial charge in [0.1, 0.15) is 12.3 Å². The van der Waals surface area contributed by atoms with Crippen molar-refractivity contribution in [3.05, 3.63) is 64.6 Å². The Bertz CT molecular complexity index is 906. The third kappa shape index (κ3) is 4.12. The first-order valence-electron chi connectivity index (χ1n) is 7.83. The molecule has 0 bridgehead atoms. The maximum Gasteiger partial charge on any atom is 0.294 e. The summed E-state index contributed by atoms with van der Waals surface area (Å²) in [5, 5.41) is 11.5. The van der Waals surface area contributed by atoms with Crippen LogP contribution in [0, 0.1) is 6.92 Å². The summed E-state index contributed by atoms with van der Waals surface area (Å²) in [6, 6.07) is 13.5. The molecule has 2 N–H and O–H groups in total. The summed E-state index contributed by atoms with van der Waals surface area (Å²) in [5.74, 6) is -0.834. The minimum absolute atomic E-state index is 0.114. The highest BCUT2D eigenvalue weighted by molar-refractivity contribution is 8.18. The molecule has 3 rings (SSSR count). The molecule has 0 radical (unpaired) electrons. The van der Waals surface area contributed by atoms with E-state index in [2.05, 4.69) is 5.32 Å². The number of rotatable bonds is 4. The van der Waals surface area contributed by atoms with Crippen LogP contribution in [0.5, 0.6) is 5.75 Å². The van der Waals surface area contributed by atoms with Gasteiger partial charge in [0.25, 0.3) is 11.1 Å². The van der Waals surface area contributed by atoms with Crippen molar-refractivity contribution in [3.63, 3.8) is 0 Å². The molecule has 3 amide bonds. The van der Waals surface area contributed by atoms with E-state index in [9.17, 15) is 19.5 Å². The van der Waals surface area contributed by atoms with E-state index >= 15 is 0 Å². The lowest BCUT2D eigenvalue weighted by Crippen LogP contribution is -2.36. The van der Waals surface area contributed by atoms with Crippen LogP contribution in [-0.2, 0) is 9.59 Å². The Morgan fingerprint density at radius 3 is 2.62 bits per heavy atom. The SMILES string of the molecule is Cc1cccc(NC(=O)CN2C(=O)SC(=Cc3ccc(O)cc3)C2=O)c1. The molecule has 1 saturated heterocycles. The van der Waals surface area contributed by atoms with Gasteiger partial charge >= 0.3 is 0 Å². The summed E-state index contributed by atoms with van der Waals surface area (Å²) < 4.78 is 0. The minimum Gasteiger partial charge on any atom is -0.508 e. The number of phenolic OH excluding ortho intramolecular Hbond substituents is 1. The molecule has 7 heteroatoms. The number of carbonyl (C=O) groups excluding carboxylic acids is 3. The van der Waals surface area contributed by atoms with Crippen molar-refractivity contribution in [2.45, 2.75) is 6.92 Å². The lowest BCUT2D eigenvalue weighted by Gasteiger charge is -2.12. The summed E-state index contributed by atoms with van der Waals surface area (Å²) in [4.78, 5) is 37.8. The Morgan fingerprint density at radius 2 is 1.92 bits per heavy atom. The minimum atomic E-state index is -0.507. The average molecular weight is 368 g/mol. The third-order valence-corrected chi connectivity index (χ3v) is 4.58. The predicted octanol–water partition coefficient (Wildman–Crippen LogP) is 3.38. The van der Waals surface area contributed by atoms with Crippen molar-refractivity contribution in [3.8, 4) is 5.75 Å². The Morgan fingerprint density at radius 1 is 1.19 bits per heavy atom. The average Bonchev–Trinajstić information content (AvgIpc) is 2.84. The van der Waals surface area contributed by atoms with Crippen LogP contribution < -0.4 is 5.32 Å². The van der Waals surface area contributed by atoms with Crippen molar-refractivity contribution in [1.82, 2.24) is 4.90 Å². The van der Waals surface area contributed by atoms with Gasteiger partial charge in [0.15, 0.2) is 0 Å². The summed E-state index contributed by atoms with van der Waals surface area (Å²) >= 11 is 0.788. The number of thioether (sulfide) groups is 1. The second-order valence-corrected chi connectivity index (χ2v) is 6.77. The van der Waals surface area contributed by atoms with Gasteiger partial charge in [0, 0.05) is 5.69 Å². The number of aryl methyl sites for hydroxylation is 1. The van der Waals surface area contributed by atoms with Gasteiger partial charge in [-0.3, -0.25) is 19.3 Å². The van der Waals surface area contributed by atoms with Crippen molar-refractivity contribution < 1.29 is 19.5 Å². The monoisotopic (exact) mass is 368 g/mol. The number of carbonyl (C=O) groups is 3. The molecule has 2 aromatic carbocycles. The van der Waals surface area contributed by atoms with Gasteiger partial charge in [-0.25, -0.2) is 0 Å². The predicted molar refractivity (Wildman–Crippen MR) is 101 cm³/mol. The highest BCUT2D eigenvalue weighted by Crippen LogP contribution is 2.32. The number of imide groups is 1. The van der Waals surface area contributed by atoms with Gasteiger partial charge in [-0.2, -0.15) is 0 Å². The Balaban J connectivity index is 1.69. The number of benzene rings is 2. The Hall–Kier alpha value is -3.06. The van der Waals surface area contributed by atoms with Crippen molar-refractivity contribution >= 4 is 40.6 Å². The molecule has 0 unspecified atom stereocenters. The van der Waals surface area contributed by atoms with E-state index in [4.69, 9.17) is 0 Å². The maximum absolute atomic E-state index is 12.4. The summed E-state index contributed by atoms with van der Waals surface area (Å²) in [5.41, 5.74) is 2.28. The Labute approximate surface area is 154 Å². The van der Waals surface area contributed by atoms with Gasteiger partial charge in [-0.05, 0) is 60.2 Å². The second kappa shape index (κ2) is 7.45. The summed E-state index contributed by atoms with van der Waals surface area (Å²) in [6.45, 7) is 1.56. The van der Waals surface area contributed by atoms with Crippen LogP contribution in [0.4, 0.5) is 10.5 Å². The van der Waals surface area contributed by atoms with Crippen LogP contribution >= 0.6 is 11.8 Å². The maximum atomic E-state index is 12.4. The lowest BCUT2D eigenvalue weighted by molar-refractivity contribution is -0.127. The number of amides is 3. The van der Waals surface area contributed by atoms with Crippen LogP contribution in [0.15, 0.2) is 53.4 Å². The zero-order valence-electron chi connectivity index (χ0n) is 13.9. The zero-order chi connectivity index (χ0) is 18.7. The Kier molecular flexibility index (Phi) is 5.09. The van der Waals surface area contributed by atoms with Crippen LogP contribution in [0.25, 0.3) is 6.08 Å². The smallest absolute Gasteiger partial charge is 0.294 e. The number of phenols is 1. The molecule has 1 heterocycles. The molecule has 0 atom stereocenters. The molecule has 2 aromatic rings. The van der Waals surface area contributed by atoms with Gasteiger partial charge in [-0.1, -0.05) is 24.3 Å². The van der Waals surface area contributed by atoms with Gasteiger partial charge in [0.05, 0.1) is 4.91 Å². The standard InChI is InChI=1S/C19H16N2O4S/c1-12-3-2-4-14(9-12)20-17(23)11-21-18(24)16(26-19(21)25)10-13-5-7-15(22)8-6-13/h2-10,22H,11H2,1H3,(H,20,23). The number of hydrogen-bond acceptors (Lipinski definition) is 5. The van der Waals surface area contributed by atoms with E-state index < -0.39 is 17.1 Å². The van der Waals surface area contributed by atoms with Crippen molar-refractivity contribution in [2.24, 2.45) is 0 Å². The van der Waals surface area contributed by atoms with E-state index in [1.165, 1.54) is 12.1 Å². The first-order valence-corrected chi connectivity index (χ1v) is 8.65. The van der Waals surface area contributed by atoms with E-state index in [-0.39, 0.29) is 17.2 Å². The van der Waals surface area contributed by atoms with E-state index in [0.29, 0.717) is 11.3 Å². The topological polar surface area (TPSA) is 86.7 Å². The molecule has 132 valence electrons. The second-order valence-electron chi connectivity index (χ2n) is 5.78. The third-order valence-electron chi connectivity index (χ3n) is 3.67. The quantitative estimate of drug-likeness (QED) is 0.808. The van der Waals surface area contributed by atoms with Crippen LogP contribution in [-0.4, -0.2) is 33.6 Å². The summed E-state index contributed by atoms with van der Waals surface area (Å²) in [7, 11) is 0. The largest absolute Gasteiger partial charge is 0.508 e. The molecule has 0 aromatic heterocycles. The molecule has 0 saturated carbocycles. The van der Waals surface area contributed by atoms with Crippen LogP contribution in [0.3, 0.4) is 0 Å². The molecule has 0 aliphatic carbocycles. The number of anilines is 1. The first kappa shape index (κ1) is 17.8. The molecule has 1 aliphatic heterocycles. The van der Waals surface area contributed by atoms with E-state index in [1.54, 1.807) is 30.3 Å². The highest BCUT2D eigenvalue weighted by atomic mass is 32.2. The number of nitrogens with zero attached hydrogens (tertiary/aromatic N) is 1. The number of hydrogen-bond donors (Lipinski definition) is 2. The normalized spacial score (nSPS) is 15.6. The molecule has 1 fully saturated rings. The van der Waals surface area contributed by atoms with Crippen LogP contribution in [0.2, 0.25) is 0 Å². The number of nitrogens with one attached hydrogen (secondary N) is 1. The molecule has 6 nitrogen and oxygen atoms in total. The van der Waals surface area contributed by atoms with Gasteiger partial charge < -0.3 is 10.4 Å². The molecular formula is C19H16N2O4S. The fourth-order valence-electron chi connectivity index (χ4n) is 2.43. The first-order chi connectivity index (χ1) is 12.4. The zero-order valence-corrected chi connectivity index (χ0v) is 14.7. The van der Waals surface area contributed by atoms with Gasteiger partial charge in [0.2, 0.25) is 5.91 Å². The lowest BCUT2D eigenvalue weighted by atomic mass is 10.2. The fourth-order valence-corrected chi connectivity index (χ4v) is 3.26. The summed E-state index contributed by atoms with van der Waals surface area (Å²) in [6.07, 6.45) is 1.56. The molecular weight excluding hydrogens is 352 g/mol. The number of aromatic hydroxyl groups is 1.